The van der Waals surface area contributed by atoms with Crippen LogP contribution in [0.5, 0.6) is 0 Å². The lowest BCUT2D eigenvalue weighted by molar-refractivity contribution is 0.101. The molecule has 0 aliphatic carbocycles. The van der Waals surface area contributed by atoms with E-state index in [2.05, 4.69) is 20.7 Å². The van der Waals surface area contributed by atoms with Gasteiger partial charge in [-0.3, -0.25) is 15.2 Å². The molecule has 0 aliphatic rings. The van der Waals surface area contributed by atoms with Crippen molar-refractivity contribution in [2.24, 2.45) is 7.05 Å². The molecule has 1 amide bonds. The average molecular weight is 299 g/mol. The third kappa shape index (κ3) is 2.41. The Labute approximate surface area is 127 Å². The van der Waals surface area contributed by atoms with Crippen molar-refractivity contribution in [3.05, 3.63) is 41.3 Å². The standard InChI is InChI=1S/C15H17N5O2/c1-4-10-9(2)19-22-15(10)16-14(21)12-8-11(17-18-12)13-6-5-7-20(13)3/h5-8H,4H2,1-3H3,(H,16,21)(H,17,18). The van der Waals surface area contributed by atoms with E-state index in [-0.39, 0.29) is 5.91 Å². The molecule has 22 heavy (non-hydrogen) atoms. The number of H-pyrrole nitrogens is 1. The van der Waals surface area contributed by atoms with Crippen molar-refractivity contribution < 1.29 is 9.32 Å². The van der Waals surface area contributed by atoms with Crippen molar-refractivity contribution in [2.45, 2.75) is 20.3 Å². The van der Waals surface area contributed by atoms with Crippen LogP contribution in [0.15, 0.2) is 28.9 Å². The van der Waals surface area contributed by atoms with E-state index >= 15 is 0 Å². The molecular weight excluding hydrogens is 282 g/mol. The Morgan fingerprint density at radius 2 is 2.32 bits per heavy atom. The first-order valence-electron chi connectivity index (χ1n) is 7.03. The molecule has 7 heteroatoms. The molecule has 0 aromatic carbocycles. The van der Waals surface area contributed by atoms with Gasteiger partial charge < -0.3 is 9.09 Å². The molecular formula is C15H17N5O2. The number of aryl methyl sites for hydroxylation is 2. The van der Waals surface area contributed by atoms with E-state index in [9.17, 15) is 4.79 Å². The minimum Gasteiger partial charge on any atom is -0.349 e. The van der Waals surface area contributed by atoms with Gasteiger partial charge in [0.25, 0.3) is 5.91 Å². The molecule has 2 N–H and O–H groups in total. The molecule has 0 spiro atoms. The quantitative estimate of drug-likeness (QED) is 0.774. The van der Waals surface area contributed by atoms with Gasteiger partial charge >= 0.3 is 0 Å². The Balaban J connectivity index is 1.81. The van der Waals surface area contributed by atoms with Crippen molar-refractivity contribution in [2.75, 3.05) is 5.32 Å². The zero-order chi connectivity index (χ0) is 15.7. The lowest BCUT2D eigenvalue weighted by atomic mass is 10.2. The normalized spacial score (nSPS) is 10.9. The number of nitrogens with zero attached hydrogens (tertiary/aromatic N) is 3. The number of amides is 1. The molecule has 0 atom stereocenters. The molecule has 7 nitrogen and oxygen atoms in total. The van der Waals surface area contributed by atoms with E-state index in [4.69, 9.17) is 4.52 Å². The van der Waals surface area contributed by atoms with E-state index in [1.807, 2.05) is 43.8 Å². The molecule has 0 unspecified atom stereocenters. The fraction of sp³-hybridized carbons (Fsp3) is 0.267. The van der Waals surface area contributed by atoms with Crippen LogP contribution in [0.2, 0.25) is 0 Å². The van der Waals surface area contributed by atoms with Crippen molar-refractivity contribution in [3.8, 4) is 11.4 Å². The maximum Gasteiger partial charge on any atom is 0.276 e. The topological polar surface area (TPSA) is 88.7 Å². The summed E-state index contributed by atoms with van der Waals surface area (Å²) in [5.41, 5.74) is 3.69. The van der Waals surface area contributed by atoms with E-state index in [0.29, 0.717) is 17.3 Å². The van der Waals surface area contributed by atoms with Crippen molar-refractivity contribution in [3.63, 3.8) is 0 Å². The molecule has 0 bridgehead atoms. The number of hydrogen-bond acceptors (Lipinski definition) is 4. The number of hydrogen-bond donors (Lipinski definition) is 2. The molecule has 0 aliphatic heterocycles. The lowest BCUT2D eigenvalue weighted by Crippen LogP contribution is -2.13. The summed E-state index contributed by atoms with van der Waals surface area (Å²) in [4.78, 5) is 12.3. The first kappa shape index (κ1) is 14.1. The van der Waals surface area contributed by atoms with Crippen LogP contribution < -0.4 is 5.32 Å². The van der Waals surface area contributed by atoms with Gasteiger partial charge in [-0.2, -0.15) is 5.10 Å². The Morgan fingerprint density at radius 1 is 1.50 bits per heavy atom. The maximum atomic E-state index is 12.3. The first-order chi connectivity index (χ1) is 10.6. The third-order valence-electron chi connectivity index (χ3n) is 3.59. The second-order valence-corrected chi connectivity index (χ2v) is 5.05. The predicted molar refractivity (Wildman–Crippen MR) is 81.6 cm³/mol. The minimum absolute atomic E-state index is 0.307. The summed E-state index contributed by atoms with van der Waals surface area (Å²) < 4.78 is 7.09. The van der Waals surface area contributed by atoms with E-state index in [1.54, 1.807) is 6.07 Å². The van der Waals surface area contributed by atoms with Crippen LogP contribution in [0.1, 0.15) is 28.7 Å². The number of carbonyl (C=O) groups is 1. The first-order valence-corrected chi connectivity index (χ1v) is 7.03. The van der Waals surface area contributed by atoms with Gasteiger partial charge in [0.05, 0.1) is 11.4 Å². The van der Waals surface area contributed by atoms with Crippen LogP contribution in [0.4, 0.5) is 5.88 Å². The molecule has 114 valence electrons. The molecule has 3 heterocycles. The van der Waals surface area contributed by atoms with Gasteiger partial charge in [-0.1, -0.05) is 12.1 Å². The molecule has 0 radical (unpaired) electrons. The highest BCUT2D eigenvalue weighted by atomic mass is 16.5. The summed E-state index contributed by atoms with van der Waals surface area (Å²) in [6, 6.07) is 5.57. The number of aromatic nitrogens is 4. The molecule has 0 saturated heterocycles. The average Bonchev–Trinajstić information content (AvgIpc) is 3.19. The maximum absolute atomic E-state index is 12.3. The Bertz CT molecular complexity index is 812. The summed E-state index contributed by atoms with van der Waals surface area (Å²) in [5.74, 6) is 0.0822. The Morgan fingerprint density at radius 3 is 3.00 bits per heavy atom. The summed E-state index contributed by atoms with van der Waals surface area (Å²) in [6.07, 6.45) is 2.66. The van der Waals surface area contributed by atoms with Gasteiger partial charge in [-0.15, -0.1) is 0 Å². The molecule has 0 saturated carbocycles. The second kappa shape index (κ2) is 5.51. The Kier molecular flexibility index (Phi) is 3.54. The van der Waals surface area contributed by atoms with Gasteiger partial charge in [0.15, 0.2) is 0 Å². The van der Waals surface area contributed by atoms with Gasteiger partial charge in [0.2, 0.25) is 5.88 Å². The SMILES string of the molecule is CCc1c(C)noc1NC(=O)c1cc(-c2cccn2C)n[nH]1. The fourth-order valence-corrected chi connectivity index (χ4v) is 2.37. The van der Waals surface area contributed by atoms with Gasteiger partial charge in [0.1, 0.15) is 11.4 Å². The fourth-order valence-electron chi connectivity index (χ4n) is 2.37. The third-order valence-corrected chi connectivity index (χ3v) is 3.59. The zero-order valence-corrected chi connectivity index (χ0v) is 12.7. The van der Waals surface area contributed by atoms with Crippen molar-refractivity contribution in [1.82, 2.24) is 19.9 Å². The number of nitrogens with one attached hydrogen (secondary N) is 2. The molecule has 3 aromatic heterocycles. The van der Waals surface area contributed by atoms with Crippen LogP contribution in [0.25, 0.3) is 11.4 Å². The van der Waals surface area contributed by atoms with Crippen molar-refractivity contribution >= 4 is 11.8 Å². The van der Waals surface area contributed by atoms with Gasteiger partial charge in [-0.05, 0) is 31.5 Å². The van der Waals surface area contributed by atoms with E-state index in [1.165, 1.54) is 0 Å². The molecule has 0 fully saturated rings. The number of rotatable bonds is 4. The monoisotopic (exact) mass is 299 g/mol. The van der Waals surface area contributed by atoms with Gasteiger partial charge in [0, 0.05) is 18.8 Å². The number of carbonyl (C=O) groups excluding carboxylic acids is 1. The minimum atomic E-state index is -0.307. The van der Waals surface area contributed by atoms with Crippen LogP contribution in [-0.4, -0.2) is 25.8 Å². The van der Waals surface area contributed by atoms with Crippen LogP contribution in [-0.2, 0) is 13.5 Å². The highest BCUT2D eigenvalue weighted by molar-refractivity contribution is 6.03. The van der Waals surface area contributed by atoms with E-state index in [0.717, 1.165) is 23.4 Å². The smallest absolute Gasteiger partial charge is 0.276 e. The van der Waals surface area contributed by atoms with Crippen LogP contribution in [0.3, 0.4) is 0 Å². The highest BCUT2D eigenvalue weighted by Crippen LogP contribution is 2.21. The summed E-state index contributed by atoms with van der Waals surface area (Å²) in [5, 5.41) is 13.5. The summed E-state index contributed by atoms with van der Waals surface area (Å²) in [7, 11) is 1.93. The summed E-state index contributed by atoms with van der Waals surface area (Å²) >= 11 is 0. The Hall–Kier alpha value is -2.83. The predicted octanol–water partition coefficient (Wildman–Crippen LogP) is 2.53. The molecule has 3 aromatic rings. The molecule has 3 rings (SSSR count). The van der Waals surface area contributed by atoms with E-state index < -0.39 is 0 Å². The largest absolute Gasteiger partial charge is 0.349 e. The number of aromatic amines is 1. The second-order valence-electron chi connectivity index (χ2n) is 5.05. The van der Waals surface area contributed by atoms with Gasteiger partial charge in [-0.25, -0.2) is 0 Å². The van der Waals surface area contributed by atoms with Crippen molar-refractivity contribution in [1.29, 1.82) is 0 Å². The number of anilines is 1. The lowest BCUT2D eigenvalue weighted by Gasteiger charge is -2.00. The summed E-state index contributed by atoms with van der Waals surface area (Å²) in [6.45, 7) is 3.83. The highest BCUT2D eigenvalue weighted by Gasteiger charge is 2.17. The van der Waals surface area contributed by atoms with Crippen LogP contribution in [0, 0.1) is 6.92 Å². The zero-order valence-electron chi connectivity index (χ0n) is 12.7. The van der Waals surface area contributed by atoms with Crippen LogP contribution >= 0.6 is 0 Å².